The summed E-state index contributed by atoms with van der Waals surface area (Å²) < 4.78 is 0. The maximum absolute atomic E-state index is 2.34. The number of hydrogen-bond acceptors (Lipinski definition) is 2. The molecule has 0 amide bonds. The van der Waals surface area contributed by atoms with Crippen molar-refractivity contribution in [2.75, 3.05) is 9.80 Å². The average molecular weight is 697 g/mol. The predicted molar refractivity (Wildman–Crippen MR) is 229 cm³/mol. The molecule has 8 rings (SSSR count). The van der Waals surface area contributed by atoms with Gasteiger partial charge in [-0.05, 0) is 144 Å². The number of nitrogens with zero attached hydrogens (tertiary/aromatic N) is 2. The van der Waals surface area contributed by atoms with Crippen LogP contribution in [0.1, 0.15) is 33.4 Å². The molecule has 0 atom stereocenters. The van der Waals surface area contributed by atoms with E-state index in [2.05, 4.69) is 230 Å². The third-order valence-corrected chi connectivity index (χ3v) is 10.00. The minimum absolute atomic E-state index is 0.919. The molecule has 0 heterocycles. The molecule has 262 valence electrons. The normalized spacial score (nSPS) is 10.9. The molecule has 0 unspecified atom stereocenters. The zero-order chi connectivity index (χ0) is 36.7. The molecule has 0 spiro atoms. The van der Waals surface area contributed by atoms with E-state index in [1.54, 1.807) is 0 Å². The first-order chi connectivity index (χ1) is 26.6. The summed E-state index contributed by atoms with van der Waals surface area (Å²) >= 11 is 0. The van der Waals surface area contributed by atoms with Gasteiger partial charge in [-0.25, -0.2) is 0 Å². The Morgan fingerprint density at radius 1 is 0.278 bits per heavy atom. The first-order valence-electron chi connectivity index (χ1n) is 18.8. The second kappa shape index (κ2) is 15.9. The molecule has 2 nitrogen and oxygen atoms in total. The largest absolute Gasteiger partial charge is 0.310 e. The minimum atomic E-state index is 0.919. The molecule has 0 N–H and O–H groups in total. The van der Waals surface area contributed by atoms with Crippen molar-refractivity contribution in [3.8, 4) is 11.1 Å². The van der Waals surface area contributed by atoms with Gasteiger partial charge < -0.3 is 9.80 Å². The maximum atomic E-state index is 2.34. The third kappa shape index (κ3) is 8.04. The summed E-state index contributed by atoms with van der Waals surface area (Å²) in [6.45, 7) is 4.30. The molecule has 8 aromatic carbocycles. The van der Waals surface area contributed by atoms with Crippen LogP contribution in [0.3, 0.4) is 0 Å². The standard InChI is InChI=1S/C52H44N2/c1-39-11-9-17-51(35-39)53(47-27-19-43(20-28-47)37-41-13-5-3-6-14-41)49-31-23-45(24-32-49)46-25-33-50(34-26-46)54(52-18-10-12-40(2)36-52)48-29-21-44(22-30-48)38-42-15-7-4-8-16-42/h3-36H,37-38H2,1-2H3. The molecule has 2 heteroatoms. The van der Waals surface area contributed by atoms with E-state index in [-0.39, 0.29) is 0 Å². The molecule has 0 bridgehead atoms. The van der Waals surface area contributed by atoms with Crippen LogP contribution in [0.2, 0.25) is 0 Å². The highest BCUT2D eigenvalue weighted by atomic mass is 15.1. The van der Waals surface area contributed by atoms with E-state index in [0.717, 1.165) is 47.0 Å². The molecule has 0 saturated heterocycles. The SMILES string of the molecule is Cc1cccc(N(c2ccc(Cc3ccccc3)cc2)c2ccc(-c3ccc(N(c4ccc(Cc5ccccc5)cc4)c4cccc(C)c4)cc3)cc2)c1. The van der Waals surface area contributed by atoms with Crippen molar-refractivity contribution in [3.05, 3.63) is 240 Å². The van der Waals surface area contributed by atoms with Crippen LogP contribution in [-0.2, 0) is 12.8 Å². The van der Waals surface area contributed by atoms with Crippen molar-refractivity contribution in [2.45, 2.75) is 26.7 Å². The van der Waals surface area contributed by atoms with E-state index in [1.807, 2.05) is 0 Å². The Balaban J connectivity index is 1.06. The Morgan fingerprint density at radius 3 is 0.926 bits per heavy atom. The molecular weight excluding hydrogens is 653 g/mol. The lowest BCUT2D eigenvalue weighted by molar-refractivity contribution is 1.18. The van der Waals surface area contributed by atoms with Crippen LogP contribution in [0.5, 0.6) is 0 Å². The predicted octanol–water partition coefficient (Wildman–Crippen LogP) is 14.1. The molecule has 0 aliphatic rings. The van der Waals surface area contributed by atoms with Gasteiger partial charge in [0.2, 0.25) is 0 Å². The van der Waals surface area contributed by atoms with Crippen LogP contribution in [0.15, 0.2) is 206 Å². The summed E-state index contributed by atoms with van der Waals surface area (Å²) in [6.07, 6.45) is 1.84. The molecule has 54 heavy (non-hydrogen) atoms. The van der Waals surface area contributed by atoms with Crippen LogP contribution >= 0.6 is 0 Å². The number of rotatable bonds is 11. The molecule has 0 aliphatic carbocycles. The molecule has 0 fully saturated rings. The van der Waals surface area contributed by atoms with Gasteiger partial charge in [0, 0.05) is 34.1 Å². The first-order valence-corrected chi connectivity index (χ1v) is 18.8. The smallest absolute Gasteiger partial charge is 0.0464 e. The Bertz CT molecular complexity index is 2240. The van der Waals surface area contributed by atoms with E-state index in [4.69, 9.17) is 0 Å². The molecule has 0 aromatic heterocycles. The number of anilines is 6. The highest BCUT2D eigenvalue weighted by Crippen LogP contribution is 2.38. The lowest BCUT2D eigenvalue weighted by Crippen LogP contribution is -2.10. The molecular formula is C52H44N2. The Labute approximate surface area is 320 Å². The van der Waals surface area contributed by atoms with E-state index in [1.165, 1.54) is 44.5 Å². The van der Waals surface area contributed by atoms with Gasteiger partial charge >= 0.3 is 0 Å². The van der Waals surface area contributed by atoms with Gasteiger partial charge in [-0.15, -0.1) is 0 Å². The van der Waals surface area contributed by atoms with Crippen LogP contribution < -0.4 is 9.80 Å². The fourth-order valence-electron chi connectivity index (χ4n) is 7.22. The van der Waals surface area contributed by atoms with Crippen molar-refractivity contribution < 1.29 is 0 Å². The van der Waals surface area contributed by atoms with Crippen LogP contribution in [0, 0.1) is 13.8 Å². The van der Waals surface area contributed by atoms with Gasteiger partial charge in [0.05, 0.1) is 0 Å². The second-order valence-electron chi connectivity index (χ2n) is 14.1. The van der Waals surface area contributed by atoms with Gasteiger partial charge in [-0.3, -0.25) is 0 Å². The zero-order valence-corrected chi connectivity index (χ0v) is 30.9. The van der Waals surface area contributed by atoms with Crippen molar-refractivity contribution in [2.24, 2.45) is 0 Å². The summed E-state index contributed by atoms with van der Waals surface area (Å²) in [7, 11) is 0. The molecule has 0 aliphatic heterocycles. The van der Waals surface area contributed by atoms with E-state index >= 15 is 0 Å². The fourth-order valence-corrected chi connectivity index (χ4v) is 7.22. The Morgan fingerprint density at radius 2 is 0.593 bits per heavy atom. The van der Waals surface area contributed by atoms with Crippen molar-refractivity contribution in [1.82, 2.24) is 0 Å². The lowest BCUT2D eigenvalue weighted by Gasteiger charge is -2.27. The van der Waals surface area contributed by atoms with Crippen molar-refractivity contribution >= 4 is 34.1 Å². The van der Waals surface area contributed by atoms with Gasteiger partial charge in [0.1, 0.15) is 0 Å². The maximum Gasteiger partial charge on any atom is 0.0464 e. The van der Waals surface area contributed by atoms with Crippen LogP contribution in [-0.4, -0.2) is 0 Å². The summed E-state index contributed by atoms with van der Waals surface area (Å²) in [5.41, 5.74) is 16.9. The third-order valence-electron chi connectivity index (χ3n) is 10.00. The van der Waals surface area contributed by atoms with Crippen LogP contribution in [0.4, 0.5) is 34.1 Å². The molecule has 0 radical (unpaired) electrons. The summed E-state index contributed by atoms with van der Waals surface area (Å²) in [5, 5.41) is 0. The number of aryl methyl sites for hydroxylation is 2. The molecule has 8 aromatic rings. The minimum Gasteiger partial charge on any atom is -0.310 e. The lowest BCUT2D eigenvalue weighted by atomic mass is 10.0. The highest BCUT2D eigenvalue weighted by molar-refractivity contribution is 5.81. The monoisotopic (exact) mass is 696 g/mol. The number of hydrogen-bond donors (Lipinski definition) is 0. The van der Waals surface area contributed by atoms with Gasteiger partial charge in [-0.2, -0.15) is 0 Å². The number of benzene rings is 8. The van der Waals surface area contributed by atoms with E-state index in [9.17, 15) is 0 Å². The topological polar surface area (TPSA) is 6.48 Å². The van der Waals surface area contributed by atoms with E-state index in [0.29, 0.717) is 0 Å². The zero-order valence-electron chi connectivity index (χ0n) is 30.9. The van der Waals surface area contributed by atoms with Gasteiger partial charge in [0.25, 0.3) is 0 Å². The van der Waals surface area contributed by atoms with Gasteiger partial charge in [-0.1, -0.05) is 133 Å². The van der Waals surface area contributed by atoms with Crippen LogP contribution in [0.25, 0.3) is 11.1 Å². The fraction of sp³-hybridized carbons (Fsp3) is 0.0769. The highest BCUT2D eigenvalue weighted by Gasteiger charge is 2.15. The van der Waals surface area contributed by atoms with E-state index < -0.39 is 0 Å². The summed E-state index contributed by atoms with van der Waals surface area (Å²) in [4.78, 5) is 4.69. The second-order valence-corrected chi connectivity index (χ2v) is 14.1. The summed E-state index contributed by atoms with van der Waals surface area (Å²) in [5.74, 6) is 0. The van der Waals surface area contributed by atoms with Crippen molar-refractivity contribution in [3.63, 3.8) is 0 Å². The molecule has 0 saturated carbocycles. The quantitative estimate of drug-likeness (QED) is 0.133. The Kier molecular flexibility index (Phi) is 10.2. The van der Waals surface area contributed by atoms with Gasteiger partial charge in [0.15, 0.2) is 0 Å². The first kappa shape index (κ1) is 34.4. The summed E-state index contributed by atoms with van der Waals surface area (Å²) in [6, 6.07) is 74.6. The Hall–Kier alpha value is -6.64. The van der Waals surface area contributed by atoms with Crippen molar-refractivity contribution in [1.29, 1.82) is 0 Å². The average Bonchev–Trinajstić information content (AvgIpc) is 3.21.